The third-order valence-electron chi connectivity index (χ3n) is 3.06. The van der Waals surface area contributed by atoms with Gasteiger partial charge in [-0.25, -0.2) is 4.79 Å². The van der Waals surface area contributed by atoms with E-state index in [4.69, 9.17) is 5.73 Å². The van der Waals surface area contributed by atoms with Crippen LogP contribution in [0.1, 0.15) is 23.2 Å². The van der Waals surface area contributed by atoms with Crippen LogP contribution in [0.25, 0.3) is 0 Å². The molecule has 0 aliphatic carbocycles. The van der Waals surface area contributed by atoms with Crippen LogP contribution in [0.15, 0.2) is 24.3 Å². The molecule has 1 aliphatic heterocycles. The molecule has 3 amide bonds. The zero-order chi connectivity index (χ0) is 13.7. The van der Waals surface area contributed by atoms with E-state index in [9.17, 15) is 9.59 Å². The molecule has 0 spiro atoms. The van der Waals surface area contributed by atoms with Gasteiger partial charge in [0.2, 0.25) is 0 Å². The Morgan fingerprint density at radius 2 is 2.26 bits per heavy atom. The number of carbonyl (C=O) groups is 2. The van der Waals surface area contributed by atoms with Gasteiger partial charge in [-0.3, -0.25) is 4.79 Å². The maximum Gasteiger partial charge on any atom is 0.316 e. The number of hydrogen-bond acceptors (Lipinski definition) is 3. The van der Waals surface area contributed by atoms with Gasteiger partial charge in [0.1, 0.15) is 0 Å². The van der Waals surface area contributed by atoms with E-state index in [2.05, 4.69) is 16.0 Å². The number of benzene rings is 1. The van der Waals surface area contributed by atoms with Gasteiger partial charge in [-0.1, -0.05) is 6.07 Å². The molecule has 6 heteroatoms. The molecule has 0 aromatic heterocycles. The number of nitrogens with two attached hydrogens (primary N) is 1. The molecule has 6 nitrogen and oxygen atoms in total. The van der Waals surface area contributed by atoms with E-state index in [1.54, 1.807) is 24.3 Å². The molecule has 1 atom stereocenters. The summed E-state index contributed by atoms with van der Waals surface area (Å²) in [6.45, 7) is 1.63. The number of hydrogen-bond donors (Lipinski definition) is 4. The SMILES string of the molecule is NC(=O)Nc1cccc(C(=O)NCC2CCCN2)c1. The molecule has 1 aliphatic rings. The van der Waals surface area contributed by atoms with Gasteiger partial charge in [-0.15, -0.1) is 0 Å². The summed E-state index contributed by atoms with van der Waals surface area (Å²) >= 11 is 0. The molecule has 1 aromatic rings. The first kappa shape index (κ1) is 13.4. The van der Waals surface area contributed by atoms with Crippen LogP contribution in [0.3, 0.4) is 0 Å². The van der Waals surface area contributed by atoms with Crippen molar-refractivity contribution in [3.8, 4) is 0 Å². The van der Waals surface area contributed by atoms with Gasteiger partial charge in [0.25, 0.3) is 5.91 Å². The lowest BCUT2D eigenvalue weighted by Crippen LogP contribution is -2.37. The summed E-state index contributed by atoms with van der Waals surface area (Å²) in [5.74, 6) is -0.151. The first-order chi connectivity index (χ1) is 9.15. The fraction of sp³-hybridized carbons (Fsp3) is 0.385. The highest BCUT2D eigenvalue weighted by molar-refractivity contribution is 5.96. The molecule has 102 valence electrons. The van der Waals surface area contributed by atoms with Crippen molar-refractivity contribution in [1.29, 1.82) is 0 Å². The lowest BCUT2D eigenvalue weighted by atomic mass is 10.1. The Morgan fingerprint density at radius 3 is 2.95 bits per heavy atom. The van der Waals surface area contributed by atoms with Gasteiger partial charge in [0.15, 0.2) is 0 Å². The van der Waals surface area contributed by atoms with Gasteiger partial charge < -0.3 is 21.7 Å². The molecule has 1 heterocycles. The number of nitrogens with one attached hydrogen (secondary N) is 3. The molecule has 0 radical (unpaired) electrons. The van der Waals surface area contributed by atoms with Crippen molar-refractivity contribution >= 4 is 17.6 Å². The van der Waals surface area contributed by atoms with Crippen LogP contribution >= 0.6 is 0 Å². The maximum atomic E-state index is 12.0. The highest BCUT2D eigenvalue weighted by Crippen LogP contribution is 2.10. The van der Waals surface area contributed by atoms with Crippen LogP contribution in [-0.4, -0.2) is 31.1 Å². The zero-order valence-corrected chi connectivity index (χ0v) is 10.6. The fourth-order valence-corrected chi connectivity index (χ4v) is 2.13. The van der Waals surface area contributed by atoms with Crippen LogP contribution in [-0.2, 0) is 0 Å². The number of carbonyl (C=O) groups excluding carboxylic acids is 2. The van der Waals surface area contributed by atoms with Crippen LogP contribution in [0.2, 0.25) is 0 Å². The topological polar surface area (TPSA) is 96.2 Å². The van der Waals surface area contributed by atoms with Gasteiger partial charge in [-0.05, 0) is 37.6 Å². The minimum atomic E-state index is -0.646. The Labute approximate surface area is 111 Å². The van der Waals surface area contributed by atoms with Crippen molar-refractivity contribution in [1.82, 2.24) is 10.6 Å². The Hall–Kier alpha value is -2.08. The number of urea groups is 1. The molecule has 0 bridgehead atoms. The Balaban J connectivity index is 1.92. The summed E-state index contributed by atoms with van der Waals surface area (Å²) < 4.78 is 0. The third kappa shape index (κ3) is 3.96. The summed E-state index contributed by atoms with van der Waals surface area (Å²) in [6.07, 6.45) is 2.24. The van der Waals surface area contributed by atoms with E-state index in [-0.39, 0.29) is 5.91 Å². The molecular formula is C13H18N4O2. The first-order valence-corrected chi connectivity index (χ1v) is 6.33. The highest BCUT2D eigenvalue weighted by atomic mass is 16.2. The first-order valence-electron chi connectivity index (χ1n) is 6.33. The number of rotatable bonds is 4. The van der Waals surface area contributed by atoms with E-state index >= 15 is 0 Å². The van der Waals surface area contributed by atoms with Crippen molar-refractivity contribution in [3.05, 3.63) is 29.8 Å². The van der Waals surface area contributed by atoms with E-state index in [1.165, 1.54) is 0 Å². The molecule has 1 fully saturated rings. The number of anilines is 1. The van der Waals surface area contributed by atoms with Gasteiger partial charge in [0.05, 0.1) is 0 Å². The summed E-state index contributed by atoms with van der Waals surface area (Å²) in [7, 11) is 0. The Bertz CT molecular complexity index is 469. The van der Waals surface area contributed by atoms with E-state index in [0.29, 0.717) is 23.8 Å². The molecular weight excluding hydrogens is 244 g/mol. The maximum absolute atomic E-state index is 12.0. The average molecular weight is 262 g/mol. The predicted molar refractivity (Wildman–Crippen MR) is 73.0 cm³/mol. The van der Waals surface area contributed by atoms with Crippen LogP contribution in [0.4, 0.5) is 10.5 Å². The summed E-state index contributed by atoms with van der Waals surface area (Å²) in [4.78, 5) is 22.7. The summed E-state index contributed by atoms with van der Waals surface area (Å²) in [6, 6.07) is 6.39. The summed E-state index contributed by atoms with van der Waals surface area (Å²) in [5.41, 5.74) is 6.05. The minimum absolute atomic E-state index is 0.151. The fourth-order valence-electron chi connectivity index (χ4n) is 2.13. The standard InChI is InChI=1S/C13H18N4O2/c14-13(19)17-10-4-1-3-9(7-10)12(18)16-8-11-5-2-6-15-11/h1,3-4,7,11,15H,2,5-6,8H2,(H,16,18)(H3,14,17,19). The molecule has 2 rings (SSSR count). The normalized spacial score (nSPS) is 18.0. The van der Waals surface area contributed by atoms with Crippen LogP contribution in [0, 0.1) is 0 Å². The Morgan fingerprint density at radius 1 is 1.42 bits per heavy atom. The molecule has 1 aromatic carbocycles. The van der Waals surface area contributed by atoms with Gasteiger partial charge >= 0.3 is 6.03 Å². The van der Waals surface area contributed by atoms with Crippen LogP contribution in [0.5, 0.6) is 0 Å². The predicted octanol–water partition coefficient (Wildman–Crippen LogP) is 0.659. The van der Waals surface area contributed by atoms with Gasteiger partial charge in [-0.2, -0.15) is 0 Å². The summed E-state index contributed by atoms with van der Waals surface area (Å²) in [5, 5.41) is 8.63. The van der Waals surface area contributed by atoms with Gasteiger partial charge in [0, 0.05) is 23.8 Å². The second kappa shape index (κ2) is 6.19. The lowest BCUT2D eigenvalue weighted by molar-refractivity contribution is 0.0950. The van der Waals surface area contributed by atoms with Crippen molar-refractivity contribution in [2.24, 2.45) is 5.73 Å². The highest BCUT2D eigenvalue weighted by Gasteiger charge is 2.15. The minimum Gasteiger partial charge on any atom is -0.351 e. The van der Waals surface area contributed by atoms with Crippen molar-refractivity contribution < 1.29 is 9.59 Å². The monoisotopic (exact) mass is 262 g/mol. The Kier molecular flexibility index (Phi) is 4.35. The number of amides is 3. The second-order valence-corrected chi connectivity index (χ2v) is 4.57. The zero-order valence-electron chi connectivity index (χ0n) is 10.6. The van der Waals surface area contributed by atoms with E-state index < -0.39 is 6.03 Å². The molecule has 19 heavy (non-hydrogen) atoms. The quantitative estimate of drug-likeness (QED) is 0.641. The van der Waals surface area contributed by atoms with E-state index in [0.717, 1.165) is 19.4 Å². The van der Waals surface area contributed by atoms with Crippen molar-refractivity contribution in [3.63, 3.8) is 0 Å². The largest absolute Gasteiger partial charge is 0.351 e. The smallest absolute Gasteiger partial charge is 0.316 e. The average Bonchev–Trinajstić information content (AvgIpc) is 2.88. The van der Waals surface area contributed by atoms with Crippen molar-refractivity contribution in [2.75, 3.05) is 18.4 Å². The second-order valence-electron chi connectivity index (χ2n) is 4.57. The molecule has 1 unspecified atom stereocenters. The molecule has 0 saturated carbocycles. The third-order valence-corrected chi connectivity index (χ3v) is 3.06. The van der Waals surface area contributed by atoms with Crippen molar-refractivity contribution in [2.45, 2.75) is 18.9 Å². The van der Waals surface area contributed by atoms with Crippen LogP contribution < -0.4 is 21.7 Å². The van der Waals surface area contributed by atoms with E-state index in [1.807, 2.05) is 0 Å². The molecule has 1 saturated heterocycles. The molecule has 5 N–H and O–H groups in total. The lowest BCUT2D eigenvalue weighted by Gasteiger charge is -2.12. The number of primary amides is 1.